The molecule has 7 rings (SSSR count). The van der Waals surface area contributed by atoms with Gasteiger partial charge in [-0.2, -0.15) is 0 Å². The van der Waals surface area contributed by atoms with E-state index in [0.717, 1.165) is 55.3 Å². The summed E-state index contributed by atoms with van der Waals surface area (Å²) in [5.41, 5.74) is 3.80. The molecule has 4 aromatic rings. The van der Waals surface area contributed by atoms with Crippen molar-refractivity contribution in [2.45, 2.75) is 97.1 Å². The highest BCUT2D eigenvalue weighted by Crippen LogP contribution is 2.42. The lowest BCUT2D eigenvalue weighted by Gasteiger charge is -2.42. The van der Waals surface area contributed by atoms with Crippen LogP contribution in [0.1, 0.15) is 94.3 Å². The Bertz CT molecular complexity index is 1890. The smallest absolute Gasteiger partial charge is 0.339 e. The predicted molar refractivity (Wildman–Crippen MR) is 191 cm³/mol. The fourth-order valence-electron chi connectivity index (χ4n) is 7.08. The number of anilines is 1. The van der Waals surface area contributed by atoms with Crippen LogP contribution in [0.2, 0.25) is 0 Å². The third kappa shape index (κ3) is 7.28. The highest BCUT2D eigenvalue weighted by atomic mass is 19.1. The summed E-state index contributed by atoms with van der Waals surface area (Å²) in [6.07, 6.45) is 5.72. The van der Waals surface area contributed by atoms with E-state index < -0.39 is 17.7 Å². The van der Waals surface area contributed by atoms with E-state index in [1.54, 1.807) is 6.07 Å². The number of carbonyl (C=O) groups is 2. The Kier molecular flexibility index (Phi) is 10.1. The highest BCUT2D eigenvalue weighted by molar-refractivity contribution is 5.92. The molecule has 10 heteroatoms. The summed E-state index contributed by atoms with van der Waals surface area (Å²) in [5, 5.41) is 0. The minimum Gasteiger partial charge on any atom is -0.490 e. The number of aromatic nitrogens is 2. The molecule has 2 aromatic heterocycles. The summed E-state index contributed by atoms with van der Waals surface area (Å²) in [7, 11) is 1.34. The molecular weight excluding hydrogens is 637 g/mol. The van der Waals surface area contributed by atoms with Crippen molar-refractivity contribution in [3.63, 3.8) is 0 Å². The maximum Gasteiger partial charge on any atom is 0.339 e. The van der Waals surface area contributed by atoms with Crippen molar-refractivity contribution in [1.82, 2.24) is 9.38 Å². The largest absolute Gasteiger partial charge is 0.490 e. The van der Waals surface area contributed by atoms with E-state index in [-0.39, 0.29) is 17.5 Å². The molecule has 5 heterocycles. The molecule has 0 spiro atoms. The number of piperidine rings is 1. The number of imidazole rings is 1. The quantitative estimate of drug-likeness (QED) is 0.157. The van der Waals surface area contributed by atoms with Gasteiger partial charge in [0.05, 0.1) is 35.7 Å². The second-order valence-electron chi connectivity index (χ2n) is 14.8. The normalized spacial score (nSPS) is 20.6. The lowest BCUT2D eigenvalue weighted by molar-refractivity contribution is -0.164. The number of esters is 1. The number of benzene rings is 2. The van der Waals surface area contributed by atoms with Crippen LogP contribution in [0.25, 0.3) is 28.0 Å². The number of aldehydes is 1. The van der Waals surface area contributed by atoms with E-state index in [0.29, 0.717) is 59.0 Å². The molecule has 1 fully saturated rings. The van der Waals surface area contributed by atoms with Crippen LogP contribution in [0.15, 0.2) is 48.7 Å². The summed E-state index contributed by atoms with van der Waals surface area (Å²) >= 11 is 0. The van der Waals surface area contributed by atoms with Crippen LogP contribution < -0.4 is 9.64 Å². The Balaban J connectivity index is 1.60. The zero-order chi connectivity index (χ0) is 35.8. The second-order valence-corrected chi connectivity index (χ2v) is 14.8. The minimum absolute atomic E-state index is 0.0704. The van der Waals surface area contributed by atoms with Crippen molar-refractivity contribution in [3.8, 4) is 28.1 Å². The summed E-state index contributed by atoms with van der Waals surface area (Å²) < 4.78 is 41.2. The second kappa shape index (κ2) is 14.2. The van der Waals surface area contributed by atoms with Crippen molar-refractivity contribution < 1.29 is 32.9 Å². The molecule has 6 bridgehead atoms. The summed E-state index contributed by atoms with van der Waals surface area (Å²) in [5.74, 6) is 0.419. The molecule has 2 atom stereocenters. The Morgan fingerprint density at radius 1 is 1.12 bits per heavy atom. The zero-order valence-electron chi connectivity index (χ0n) is 30.2. The molecule has 0 radical (unpaired) electrons. The van der Waals surface area contributed by atoms with E-state index in [2.05, 4.69) is 11.8 Å². The van der Waals surface area contributed by atoms with Gasteiger partial charge in [0.25, 0.3) is 0 Å². The first-order valence-electron chi connectivity index (χ1n) is 17.5. The predicted octanol–water partition coefficient (Wildman–Crippen LogP) is 8.28. The van der Waals surface area contributed by atoms with Crippen LogP contribution in [0.5, 0.6) is 5.75 Å². The lowest BCUT2D eigenvalue weighted by Crippen LogP contribution is -2.45. The van der Waals surface area contributed by atoms with Crippen LogP contribution in [-0.4, -0.2) is 65.8 Å². The van der Waals surface area contributed by atoms with E-state index in [9.17, 15) is 14.0 Å². The van der Waals surface area contributed by atoms with Crippen LogP contribution >= 0.6 is 0 Å². The molecule has 1 saturated heterocycles. The standard InChI is InChI=1S/C40H48FN3O6/c1-25-11-8-9-20-48-40(6)16-18-43(19-17-40)37-34(35(38(46)47-7)50-39(3,4)5)26(2)31(24-45)36-42-32(23-44(36)37)28-13-10-12-27(21-28)30-22-29(41)14-15-33(30)49-25/h10,12-15,21-25,35H,8-9,11,16-20H2,1-7H3/t25-,35-/m0/s1. The van der Waals surface area contributed by atoms with Gasteiger partial charge in [-0.05, 0) is 109 Å². The van der Waals surface area contributed by atoms with Crippen LogP contribution in [0, 0.1) is 12.7 Å². The molecule has 0 aliphatic carbocycles. The third-order valence-corrected chi connectivity index (χ3v) is 9.81. The summed E-state index contributed by atoms with van der Waals surface area (Å²) in [4.78, 5) is 33.7. The van der Waals surface area contributed by atoms with Crippen molar-refractivity contribution in [2.75, 3.05) is 31.7 Å². The number of pyridine rings is 1. The average Bonchev–Trinajstić information content (AvgIpc) is 3.52. The molecule has 0 amide bonds. The van der Waals surface area contributed by atoms with Gasteiger partial charge < -0.3 is 23.8 Å². The zero-order valence-corrected chi connectivity index (χ0v) is 30.2. The van der Waals surface area contributed by atoms with Gasteiger partial charge in [-0.25, -0.2) is 14.2 Å². The number of fused-ring (bicyclic) bond motifs is 8. The van der Waals surface area contributed by atoms with Crippen LogP contribution in [-0.2, 0) is 19.0 Å². The van der Waals surface area contributed by atoms with Gasteiger partial charge in [0.15, 0.2) is 12.4 Å². The summed E-state index contributed by atoms with van der Waals surface area (Å²) in [6, 6.07) is 12.3. The molecule has 266 valence electrons. The van der Waals surface area contributed by atoms with Crippen molar-refractivity contribution in [1.29, 1.82) is 0 Å². The SMILES string of the molecule is COC(=O)[C@@H](OC(C)(C)C)c1c(C)c(C=O)c2nc3cn2c1N1CCC(C)(CC1)OCCCC[C@H](C)Oc1ccc(F)cc1-c1cccc-3c1. The highest BCUT2D eigenvalue weighted by Gasteiger charge is 2.38. The van der Waals surface area contributed by atoms with Crippen molar-refractivity contribution in [2.24, 2.45) is 0 Å². The summed E-state index contributed by atoms with van der Waals surface area (Å²) in [6.45, 7) is 13.6. The van der Waals surface area contributed by atoms with E-state index in [4.69, 9.17) is 23.9 Å². The van der Waals surface area contributed by atoms with E-state index in [1.807, 2.05) is 69.5 Å². The van der Waals surface area contributed by atoms with Crippen LogP contribution in [0.3, 0.4) is 0 Å². The Morgan fingerprint density at radius 2 is 1.86 bits per heavy atom. The van der Waals surface area contributed by atoms with E-state index in [1.165, 1.54) is 19.2 Å². The molecule has 3 aliphatic rings. The topological polar surface area (TPSA) is 91.6 Å². The number of carbonyl (C=O) groups excluding carboxylic acids is 2. The Hall–Kier alpha value is -4.28. The molecule has 9 nitrogen and oxygen atoms in total. The van der Waals surface area contributed by atoms with Gasteiger partial charge in [0.2, 0.25) is 0 Å². The molecule has 0 N–H and O–H groups in total. The Labute approximate surface area is 293 Å². The number of methoxy groups -OCH3 is 1. The monoisotopic (exact) mass is 685 g/mol. The van der Waals surface area contributed by atoms with Gasteiger partial charge >= 0.3 is 5.97 Å². The number of halogens is 1. The molecule has 0 unspecified atom stereocenters. The lowest BCUT2D eigenvalue weighted by atomic mass is 9.91. The molecule has 2 aromatic carbocycles. The number of hydrogen-bond acceptors (Lipinski definition) is 8. The molecular formula is C40H48FN3O6. The molecule has 0 saturated carbocycles. The maximum absolute atomic E-state index is 14.7. The first-order valence-corrected chi connectivity index (χ1v) is 17.5. The fraction of sp³-hybridized carbons (Fsp3) is 0.475. The van der Waals surface area contributed by atoms with E-state index >= 15 is 0 Å². The first kappa shape index (κ1) is 35.5. The number of hydrogen-bond donors (Lipinski definition) is 0. The molecule has 50 heavy (non-hydrogen) atoms. The number of nitrogens with zero attached hydrogens (tertiary/aromatic N) is 3. The fourth-order valence-corrected chi connectivity index (χ4v) is 7.08. The van der Waals surface area contributed by atoms with Crippen molar-refractivity contribution >= 4 is 23.7 Å². The molecule has 3 aliphatic heterocycles. The van der Waals surface area contributed by atoms with Gasteiger partial charge in [-0.15, -0.1) is 0 Å². The van der Waals surface area contributed by atoms with Gasteiger partial charge in [0.1, 0.15) is 23.0 Å². The average molecular weight is 686 g/mol. The van der Waals surface area contributed by atoms with Crippen LogP contribution in [0.4, 0.5) is 10.2 Å². The number of rotatable bonds is 4. The minimum atomic E-state index is -1.10. The Morgan fingerprint density at radius 3 is 2.56 bits per heavy atom. The number of ether oxygens (including phenoxy) is 4. The maximum atomic E-state index is 14.7. The van der Waals surface area contributed by atoms with Crippen molar-refractivity contribution in [3.05, 3.63) is 71.2 Å². The van der Waals surface area contributed by atoms with Gasteiger partial charge in [0, 0.05) is 42.6 Å². The third-order valence-electron chi connectivity index (χ3n) is 9.81. The van der Waals surface area contributed by atoms with Gasteiger partial charge in [-0.3, -0.25) is 9.20 Å². The first-order chi connectivity index (χ1) is 23.8. The van der Waals surface area contributed by atoms with Gasteiger partial charge in [-0.1, -0.05) is 18.2 Å².